The first-order chi connectivity index (χ1) is 9.87. The number of hydrogen-bond donors (Lipinski definition) is 2. The highest BCUT2D eigenvalue weighted by atomic mass is 127. The van der Waals surface area contributed by atoms with Gasteiger partial charge in [0.05, 0.1) is 5.69 Å². The van der Waals surface area contributed by atoms with Crippen LogP contribution in [0.5, 0.6) is 0 Å². The summed E-state index contributed by atoms with van der Waals surface area (Å²) in [6.45, 7) is 2.90. The molecule has 0 radical (unpaired) electrons. The summed E-state index contributed by atoms with van der Waals surface area (Å²) in [6.07, 6.45) is 1.59. The van der Waals surface area contributed by atoms with E-state index in [1.54, 1.807) is 30.5 Å². The van der Waals surface area contributed by atoms with Crippen molar-refractivity contribution in [3.63, 3.8) is 0 Å². The molecular formula is C13H15ClIN3O2S. The van der Waals surface area contributed by atoms with Gasteiger partial charge in [-0.25, -0.2) is 8.42 Å². The maximum atomic E-state index is 12.4. The third-order valence-electron chi connectivity index (χ3n) is 3.00. The lowest BCUT2D eigenvalue weighted by Gasteiger charge is -2.08. The number of nitrogens with two attached hydrogens (primary N) is 1. The number of aryl methyl sites for hydroxylation is 1. The predicted molar refractivity (Wildman–Crippen MR) is 93.0 cm³/mol. The van der Waals surface area contributed by atoms with E-state index < -0.39 is 10.0 Å². The number of sulfonamides is 1. The molecular weight excluding hydrogens is 425 g/mol. The first-order valence-electron chi connectivity index (χ1n) is 6.24. The Bertz CT molecular complexity index is 737. The third kappa shape index (κ3) is 3.71. The fraction of sp³-hybridized carbons (Fsp3) is 0.231. The first kappa shape index (κ1) is 16.6. The zero-order valence-electron chi connectivity index (χ0n) is 11.3. The Kier molecular flexibility index (Phi) is 5.18. The maximum absolute atomic E-state index is 12.4. The number of halogens is 2. The molecule has 0 aliphatic carbocycles. The Morgan fingerprint density at radius 2 is 2.10 bits per heavy atom. The van der Waals surface area contributed by atoms with E-state index in [-0.39, 0.29) is 4.90 Å². The summed E-state index contributed by atoms with van der Waals surface area (Å²) >= 11 is 7.90. The molecule has 0 saturated heterocycles. The van der Waals surface area contributed by atoms with Crippen LogP contribution in [0.4, 0.5) is 5.69 Å². The molecule has 0 atom stereocenters. The van der Waals surface area contributed by atoms with Gasteiger partial charge in [-0.05, 0) is 53.8 Å². The second-order valence-corrected chi connectivity index (χ2v) is 7.67. The van der Waals surface area contributed by atoms with Crippen molar-refractivity contribution in [1.29, 1.82) is 0 Å². The zero-order chi connectivity index (χ0) is 15.6. The van der Waals surface area contributed by atoms with Crippen molar-refractivity contribution in [2.45, 2.75) is 24.9 Å². The Labute approximate surface area is 142 Å². The van der Waals surface area contributed by atoms with Gasteiger partial charge in [0, 0.05) is 33.6 Å². The van der Waals surface area contributed by atoms with E-state index in [9.17, 15) is 8.42 Å². The molecule has 0 unspecified atom stereocenters. The van der Waals surface area contributed by atoms with Gasteiger partial charge >= 0.3 is 0 Å². The predicted octanol–water partition coefficient (Wildman–Crippen LogP) is 3.03. The van der Waals surface area contributed by atoms with Crippen molar-refractivity contribution in [3.05, 3.63) is 44.7 Å². The van der Waals surface area contributed by atoms with Crippen LogP contribution in [0.2, 0.25) is 5.02 Å². The molecule has 3 N–H and O–H groups in total. The van der Waals surface area contributed by atoms with Crippen LogP contribution in [0, 0.1) is 3.57 Å². The maximum Gasteiger partial charge on any atom is 0.263 e. The Morgan fingerprint density at radius 3 is 2.62 bits per heavy atom. The molecule has 0 aliphatic heterocycles. The SMILES string of the molecule is CCn1cc(S(=O)(=O)Nc2ccc(Cl)cc2I)cc1CN. The van der Waals surface area contributed by atoms with E-state index in [0.29, 0.717) is 23.8 Å². The van der Waals surface area contributed by atoms with Gasteiger partial charge in [-0.15, -0.1) is 0 Å². The number of rotatable bonds is 5. The number of benzene rings is 1. The smallest absolute Gasteiger partial charge is 0.263 e. The molecule has 114 valence electrons. The van der Waals surface area contributed by atoms with Crippen LogP contribution in [-0.4, -0.2) is 13.0 Å². The van der Waals surface area contributed by atoms with Crippen LogP contribution in [0.3, 0.4) is 0 Å². The molecule has 0 spiro atoms. The summed E-state index contributed by atoms with van der Waals surface area (Å²) in [5.41, 5.74) is 6.90. The second-order valence-electron chi connectivity index (χ2n) is 4.39. The Hall–Kier alpha value is -0.770. The summed E-state index contributed by atoms with van der Waals surface area (Å²) in [6, 6.07) is 6.57. The number of nitrogens with zero attached hydrogens (tertiary/aromatic N) is 1. The lowest BCUT2D eigenvalue weighted by atomic mass is 10.3. The van der Waals surface area contributed by atoms with Crippen molar-refractivity contribution in [2.75, 3.05) is 4.72 Å². The van der Waals surface area contributed by atoms with Crippen molar-refractivity contribution in [2.24, 2.45) is 5.73 Å². The van der Waals surface area contributed by atoms with E-state index in [0.717, 1.165) is 9.26 Å². The van der Waals surface area contributed by atoms with Crippen molar-refractivity contribution in [3.8, 4) is 0 Å². The highest BCUT2D eigenvalue weighted by Gasteiger charge is 2.19. The summed E-state index contributed by atoms with van der Waals surface area (Å²) in [7, 11) is -3.64. The topological polar surface area (TPSA) is 77.1 Å². The number of hydrogen-bond acceptors (Lipinski definition) is 3. The number of nitrogens with one attached hydrogen (secondary N) is 1. The molecule has 0 fully saturated rings. The van der Waals surface area contributed by atoms with E-state index >= 15 is 0 Å². The standard InChI is InChI=1S/C13H15ClIN3O2S/c1-2-18-8-11(6-10(18)7-16)21(19,20)17-13-4-3-9(14)5-12(13)15/h3-6,8,17H,2,7,16H2,1H3. The van der Waals surface area contributed by atoms with Crippen LogP contribution in [0.15, 0.2) is 35.4 Å². The van der Waals surface area contributed by atoms with Gasteiger partial charge in [-0.3, -0.25) is 4.72 Å². The molecule has 2 aromatic rings. The molecule has 0 saturated carbocycles. The van der Waals surface area contributed by atoms with Crippen LogP contribution in [0.25, 0.3) is 0 Å². The molecule has 5 nitrogen and oxygen atoms in total. The fourth-order valence-corrected chi connectivity index (χ4v) is 4.25. The molecule has 21 heavy (non-hydrogen) atoms. The van der Waals surface area contributed by atoms with E-state index in [1.165, 1.54) is 0 Å². The highest BCUT2D eigenvalue weighted by Crippen LogP contribution is 2.25. The van der Waals surface area contributed by atoms with E-state index in [2.05, 4.69) is 4.72 Å². The quantitative estimate of drug-likeness (QED) is 0.703. The minimum atomic E-state index is -3.64. The fourth-order valence-electron chi connectivity index (χ4n) is 1.91. The molecule has 1 aromatic heterocycles. The molecule has 0 aliphatic rings. The minimum absolute atomic E-state index is 0.204. The van der Waals surface area contributed by atoms with Crippen LogP contribution in [-0.2, 0) is 23.1 Å². The van der Waals surface area contributed by atoms with Gasteiger partial charge in [-0.1, -0.05) is 11.6 Å². The largest absolute Gasteiger partial charge is 0.349 e. The lowest BCUT2D eigenvalue weighted by molar-refractivity contribution is 0.600. The van der Waals surface area contributed by atoms with E-state index in [1.807, 2.05) is 34.1 Å². The average molecular weight is 440 g/mol. The summed E-state index contributed by atoms with van der Waals surface area (Å²) < 4.78 is 30.0. The van der Waals surface area contributed by atoms with Crippen molar-refractivity contribution in [1.82, 2.24) is 4.57 Å². The molecule has 0 amide bonds. The van der Waals surface area contributed by atoms with Crippen LogP contribution in [0.1, 0.15) is 12.6 Å². The van der Waals surface area contributed by atoms with Gasteiger partial charge < -0.3 is 10.3 Å². The summed E-state index contributed by atoms with van der Waals surface area (Å²) in [5, 5.41) is 0.560. The molecule has 1 heterocycles. The van der Waals surface area contributed by atoms with Gasteiger partial charge in [0.25, 0.3) is 10.0 Å². The highest BCUT2D eigenvalue weighted by molar-refractivity contribution is 14.1. The zero-order valence-corrected chi connectivity index (χ0v) is 15.0. The monoisotopic (exact) mass is 439 g/mol. The third-order valence-corrected chi connectivity index (χ3v) is 5.46. The van der Waals surface area contributed by atoms with Gasteiger partial charge in [0.2, 0.25) is 0 Å². The minimum Gasteiger partial charge on any atom is -0.349 e. The first-order valence-corrected chi connectivity index (χ1v) is 9.18. The number of aromatic nitrogens is 1. The molecule has 0 bridgehead atoms. The van der Waals surface area contributed by atoms with Gasteiger partial charge in [0.1, 0.15) is 4.90 Å². The van der Waals surface area contributed by atoms with Gasteiger partial charge in [0.15, 0.2) is 0 Å². The molecule has 8 heteroatoms. The normalized spacial score (nSPS) is 11.6. The second kappa shape index (κ2) is 6.55. The van der Waals surface area contributed by atoms with Gasteiger partial charge in [-0.2, -0.15) is 0 Å². The number of anilines is 1. The Morgan fingerprint density at radius 1 is 1.38 bits per heavy atom. The van der Waals surface area contributed by atoms with Crippen LogP contribution < -0.4 is 10.5 Å². The van der Waals surface area contributed by atoms with E-state index in [4.69, 9.17) is 17.3 Å². The summed E-state index contributed by atoms with van der Waals surface area (Å²) in [5.74, 6) is 0. The van der Waals surface area contributed by atoms with Crippen molar-refractivity contribution >= 4 is 49.9 Å². The van der Waals surface area contributed by atoms with Crippen LogP contribution >= 0.6 is 34.2 Å². The molecule has 1 aromatic carbocycles. The lowest BCUT2D eigenvalue weighted by Crippen LogP contribution is -2.13. The summed E-state index contributed by atoms with van der Waals surface area (Å²) in [4.78, 5) is 0.204. The average Bonchev–Trinajstić information content (AvgIpc) is 2.86. The Balaban J connectivity index is 2.36. The van der Waals surface area contributed by atoms with Crippen molar-refractivity contribution < 1.29 is 8.42 Å². The molecule has 2 rings (SSSR count).